The van der Waals surface area contributed by atoms with Crippen LogP contribution in [0.1, 0.15) is 111 Å². The Morgan fingerprint density at radius 1 is 1.00 bits per heavy atom. The highest BCUT2D eigenvalue weighted by Crippen LogP contribution is 2.36. The van der Waals surface area contributed by atoms with E-state index in [1.807, 2.05) is 12.1 Å². The Balaban J connectivity index is 0.721. The number of carbonyl (C=O) groups excluding carboxylic acids is 3. The van der Waals surface area contributed by atoms with E-state index in [9.17, 15) is 28.0 Å². The summed E-state index contributed by atoms with van der Waals surface area (Å²) < 4.78 is 38.8. The van der Waals surface area contributed by atoms with Gasteiger partial charge in [0.15, 0.2) is 11.4 Å². The molecule has 64 heavy (non-hydrogen) atoms. The fraction of sp³-hybridized carbons (Fsp3) is 0.543. The van der Waals surface area contributed by atoms with Crippen LogP contribution in [0.2, 0.25) is 0 Å². The van der Waals surface area contributed by atoms with Gasteiger partial charge >= 0.3 is 5.69 Å². The van der Waals surface area contributed by atoms with Crippen molar-refractivity contribution < 1.29 is 27.6 Å². The molecule has 4 fully saturated rings. The van der Waals surface area contributed by atoms with Crippen LogP contribution in [0.4, 0.5) is 20.3 Å². The summed E-state index contributed by atoms with van der Waals surface area (Å²) in [5.74, 6) is 1.34. The van der Waals surface area contributed by atoms with Crippen LogP contribution in [-0.2, 0) is 23.2 Å². The number of para-hydroxylation sites is 1. The van der Waals surface area contributed by atoms with Gasteiger partial charge in [-0.3, -0.25) is 38.4 Å². The Labute approximate surface area is 369 Å². The number of imide groups is 1. The van der Waals surface area contributed by atoms with E-state index in [0.29, 0.717) is 42.1 Å². The second-order valence-electron chi connectivity index (χ2n) is 18.4. The summed E-state index contributed by atoms with van der Waals surface area (Å²) in [5.41, 5.74) is 2.48. The molecule has 0 spiro atoms. The van der Waals surface area contributed by atoms with Crippen molar-refractivity contribution in [3.05, 3.63) is 76.4 Å². The number of fused-ring (bicyclic) bond motifs is 1. The van der Waals surface area contributed by atoms with E-state index in [1.165, 1.54) is 25.3 Å². The summed E-state index contributed by atoms with van der Waals surface area (Å²) >= 11 is 0. The third-order valence-corrected chi connectivity index (χ3v) is 13.7. The van der Waals surface area contributed by atoms with Gasteiger partial charge in [0, 0.05) is 51.1 Å². The van der Waals surface area contributed by atoms with Gasteiger partial charge in [0.25, 0.3) is 12.3 Å². The van der Waals surface area contributed by atoms with Crippen LogP contribution in [0, 0.1) is 17.8 Å². The molecule has 4 aliphatic rings. The molecule has 0 bridgehead atoms. The number of anilines is 2. The summed E-state index contributed by atoms with van der Waals surface area (Å²) in [5, 5.41) is 12.6. The summed E-state index contributed by atoms with van der Waals surface area (Å²) in [7, 11) is 3.93. The fourth-order valence-corrected chi connectivity index (χ4v) is 9.86. The number of hydrogen-bond acceptors (Lipinski definition) is 11. The molecule has 1 aromatic carbocycles. The van der Waals surface area contributed by atoms with Crippen molar-refractivity contribution >= 4 is 40.3 Å². The number of halogens is 2. The van der Waals surface area contributed by atoms with Crippen molar-refractivity contribution in [1.82, 2.24) is 44.0 Å². The molecule has 2 saturated carbocycles. The lowest BCUT2D eigenvalue weighted by Gasteiger charge is -2.34. The number of nitrogens with zero attached hydrogens (tertiary/aromatic N) is 8. The zero-order valence-electron chi connectivity index (χ0n) is 36.5. The van der Waals surface area contributed by atoms with Crippen LogP contribution in [0.15, 0.2) is 58.2 Å². The molecule has 1 atom stereocenters. The maximum atomic E-state index is 14.2. The van der Waals surface area contributed by atoms with E-state index in [1.54, 1.807) is 39.2 Å². The van der Waals surface area contributed by atoms with Crippen LogP contribution < -0.4 is 21.6 Å². The summed E-state index contributed by atoms with van der Waals surface area (Å²) in [6.07, 6.45) is 11.3. The number of imidazole rings is 1. The molecule has 2 aliphatic heterocycles. The molecule has 1 unspecified atom stereocenters. The largest absolute Gasteiger partial charge is 0.444 e. The maximum absolute atomic E-state index is 14.2. The fourth-order valence-electron chi connectivity index (χ4n) is 9.86. The first-order chi connectivity index (χ1) is 31.0. The highest BCUT2D eigenvalue weighted by Gasteiger charge is 2.33. The van der Waals surface area contributed by atoms with Gasteiger partial charge < -0.3 is 20.0 Å². The molecule has 16 nitrogen and oxygen atoms in total. The molecule has 2 saturated heterocycles. The Morgan fingerprint density at radius 2 is 1.78 bits per heavy atom. The van der Waals surface area contributed by atoms with Gasteiger partial charge in [-0.05, 0) is 132 Å². The normalized spacial score (nSPS) is 21.2. The molecule has 4 aromatic heterocycles. The first kappa shape index (κ1) is 43.5. The second kappa shape index (κ2) is 18.8. The SMILES string of the molecule is CN(CCC1CCN(Cc2cccc3c2n(C)c(=O)n3C2CCC(=O)NC2=O)CC1)C[C@H]1CC[C@H](n2cc(NC(=O)c3coc(-c4ccnc(NCC5CC5)c4)n3)c(C(F)F)n2)CC1. The first-order valence-electron chi connectivity index (χ1n) is 22.7. The summed E-state index contributed by atoms with van der Waals surface area (Å²) in [6.45, 7) is 5.49. The molecular weight excluding hydrogens is 825 g/mol. The van der Waals surface area contributed by atoms with Gasteiger partial charge in [-0.2, -0.15) is 5.10 Å². The lowest BCUT2D eigenvalue weighted by atomic mass is 9.85. The van der Waals surface area contributed by atoms with Gasteiger partial charge in [-0.15, -0.1) is 0 Å². The monoisotopic (exact) mass is 881 g/mol. The molecule has 5 aromatic rings. The van der Waals surface area contributed by atoms with Crippen LogP contribution in [0.3, 0.4) is 0 Å². The van der Waals surface area contributed by atoms with E-state index >= 15 is 0 Å². The van der Waals surface area contributed by atoms with Crippen molar-refractivity contribution in [1.29, 1.82) is 0 Å². The van der Waals surface area contributed by atoms with E-state index in [2.05, 4.69) is 53.9 Å². The van der Waals surface area contributed by atoms with E-state index in [0.717, 1.165) is 94.3 Å². The molecule has 0 radical (unpaired) electrons. The van der Waals surface area contributed by atoms with E-state index in [-0.39, 0.29) is 41.3 Å². The number of hydrogen-bond donors (Lipinski definition) is 3. The van der Waals surface area contributed by atoms with Gasteiger partial charge in [0.2, 0.25) is 17.7 Å². The number of amides is 3. The predicted octanol–water partition coefficient (Wildman–Crippen LogP) is 6.54. The Bertz CT molecular complexity index is 2540. The smallest absolute Gasteiger partial charge is 0.329 e. The number of carbonyl (C=O) groups is 3. The van der Waals surface area contributed by atoms with Gasteiger partial charge in [-0.1, -0.05) is 12.1 Å². The first-order valence-corrected chi connectivity index (χ1v) is 22.7. The number of likely N-dealkylation sites (tertiary alicyclic amines) is 1. The molecule has 6 heterocycles. The number of benzene rings is 1. The average Bonchev–Trinajstić information content (AvgIpc) is 3.69. The van der Waals surface area contributed by atoms with Crippen LogP contribution in [0.25, 0.3) is 22.5 Å². The third kappa shape index (κ3) is 9.67. The number of aromatic nitrogens is 6. The Hall–Kier alpha value is -5.75. The number of nitrogens with one attached hydrogen (secondary N) is 3. The van der Waals surface area contributed by atoms with Crippen LogP contribution in [-0.4, -0.2) is 96.2 Å². The predicted molar refractivity (Wildman–Crippen MR) is 236 cm³/mol. The molecule has 340 valence electrons. The van der Waals surface area contributed by atoms with Gasteiger partial charge in [-0.25, -0.2) is 23.5 Å². The number of oxazole rings is 1. The molecule has 3 amide bonds. The lowest BCUT2D eigenvalue weighted by molar-refractivity contribution is -0.135. The quantitative estimate of drug-likeness (QED) is 0.0918. The number of aryl methyl sites for hydroxylation is 1. The zero-order chi connectivity index (χ0) is 44.5. The number of rotatable bonds is 16. The minimum absolute atomic E-state index is 0.0242. The lowest BCUT2D eigenvalue weighted by Crippen LogP contribution is -2.44. The van der Waals surface area contributed by atoms with Crippen LogP contribution >= 0.6 is 0 Å². The molecule has 2 aliphatic carbocycles. The van der Waals surface area contributed by atoms with Crippen molar-refractivity contribution in [2.24, 2.45) is 24.8 Å². The van der Waals surface area contributed by atoms with Crippen LogP contribution in [0.5, 0.6) is 0 Å². The Kier molecular flexibility index (Phi) is 12.8. The van der Waals surface area contributed by atoms with Crippen molar-refractivity contribution in [2.75, 3.05) is 50.4 Å². The van der Waals surface area contributed by atoms with Gasteiger partial charge in [0.05, 0.1) is 22.8 Å². The van der Waals surface area contributed by atoms with Gasteiger partial charge in [0.1, 0.15) is 18.1 Å². The highest BCUT2D eigenvalue weighted by atomic mass is 19.3. The number of alkyl halides is 2. The highest BCUT2D eigenvalue weighted by molar-refractivity contribution is 6.03. The topological polar surface area (TPSA) is 177 Å². The van der Waals surface area contributed by atoms with Crippen molar-refractivity contribution in [2.45, 2.75) is 95.7 Å². The molecule has 18 heteroatoms. The second-order valence-corrected chi connectivity index (χ2v) is 18.4. The third-order valence-electron chi connectivity index (χ3n) is 13.7. The number of pyridine rings is 1. The minimum atomic E-state index is -2.86. The van der Waals surface area contributed by atoms with E-state index in [4.69, 9.17) is 4.42 Å². The standard InChI is InChI=1S/C46H57F2N11O5/c1-55(19-15-28-16-20-57(21-17-28)25-32-4-3-5-36-41(32)56(2)46(63)59(36)37-12-13-39(60)53-44(37)62)24-30-8-10-33(11-9-30)58-26-34(40(54-58)42(47)48)51-43(61)35-27-64-45(52-35)31-14-18-49-38(22-31)50-23-29-6-7-29/h3-5,14,18,22,26-30,33,37,42H,6-13,15-17,19-21,23-25H2,1-2H3,(H,49,50)(H,51,61)(H,53,60,62)/t30-,33-,37?. The molecular formula is C46H57F2N11O5. The zero-order valence-corrected chi connectivity index (χ0v) is 36.5. The van der Waals surface area contributed by atoms with E-state index < -0.39 is 30.0 Å². The maximum Gasteiger partial charge on any atom is 0.329 e. The summed E-state index contributed by atoms with van der Waals surface area (Å²) in [4.78, 5) is 64.6. The van der Waals surface area contributed by atoms with Crippen molar-refractivity contribution in [3.63, 3.8) is 0 Å². The Morgan fingerprint density at radius 3 is 2.53 bits per heavy atom. The average molecular weight is 882 g/mol. The molecule has 3 N–H and O–H groups in total. The summed E-state index contributed by atoms with van der Waals surface area (Å²) in [6, 6.07) is 8.68. The molecule has 9 rings (SSSR count). The number of piperidine rings is 2. The van der Waals surface area contributed by atoms with Crippen molar-refractivity contribution in [3.8, 4) is 11.5 Å². The minimum Gasteiger partial charge on any atom is -0.444 e.